The van der Waals surface area contributed by atoms with Crippen LogP contribution in [0.1, 0.15) is 54.0 Å². The van der Waals surface area contributed by atoms with Crippen LogP contribution in [0.3, 0.4) is 0 Å². The van der Waals surface area contributed by atoms with E-state index in [1.54, 1.807) is 18.3 Å². The van der Waals surface area contributed by atoms with Crippen LogP contribution in [-0.4, -0.2) is 10.9 Å². The Kier molecular flexibility index (Phi) is 5.88. The van der Waals surface area contributed by atoms with Gasteiger partial charge >= 0.3 is 0 Å². The third-order valence-electron chi connectivity index (χ3n) is 3.76. The van der Waals surface area contributed by atoms with Gasteiger partial charge in [-0.05, 0) is 42.5 Å². The summed E-state index contributed by atoms with van der Waals surface area (Å²) >= 11 is 0. The van der Waals surface area contributed by atoms with Crippen LogP contribution in [0.2, 0.25) is 0 Å². The highest BCUT2D eigenvalue weighted by molar-refractivity contribution is 5.94. The molecule has 0 aliphatic heterocycles. The first-order valence-electron chi connectivity index (χ1n) is 8.04. The average Bonchev–Trinajstić information content (AvgIpc) is 2.55. The predicted molar refractivity (Wildman–Crippen MR) is 93.0 cm³/mol. The molecule has 0 fully saturated rings. The minimum absolute atomic E-state index is 0.0508. The molecule has 1 unspecified atom stereocenters. The first-order chi connectivity index (χ1) is 11.0. The van der Waals surface area contributed by atoms with Gasteiger partial charge in [0.05, 0.1) is 11.7 Å². The summed E-state index contributed by atoms with van der Waals surface area (Å²) in [4.78, 5) is 16.4. The van der Waals surface area contributed by atoms with Gasteiger partial charge in [-0.2, -0.15) is 0 Å². The fourth-order valence-corrected chi connectivity index (χ4v) is 2.51. The van der Waals surface area contributed by atoms with E-state index in [9.17, 15) is 4.79 Å². The number of pyridine rings is 1. The zero-order valence-corrected chi connectivity index (χ0v) is 14.0. The second-order valence-electron chi connectivity index (χ2n) is 6.27. The van der Waals surface area contributed by atoms with Crippen LogP contribution in [0.15, 0.2) is 42.6 Å². The monoisotopic (exact) mass is 311 g/mol. The maximum absolute atomic E-state index is 12.3. The van der Waals surface area contributed by atoms with E-state index in [1.165, 1.54) is 5.56 Å². The van der Waals surface area contributed by atoms with Gasteiger partial charge in [0.2, 0.25) is 0 Å². The van der Waals surface area contributed by atoms with Gasteiger partial charge in [0.25, 0.3) is 5.91 Å². The van der Waals surface area contributed by atoms with Crippen molar-refractivity contribution in [3.63, 3.8) is 0 Å². The van der Waals surface area contributed by atoms with Gasteiger partial charge in [-0.1, -0.05) is 38.1 Å². The molecule has 3 N–H and O–H groups in total. The molecule has 0 spiro atoms. The Labute approximate surface area is 138 Å². The van der Waals surface area contributed by atoms with Crippen molar-refractivity contribution in [2.75, 3.05) is 0 Å². The molecule has 1 atom stereocenters. The maximum Gasteiger partial charge on any atom is 0.251 e. The fraction of sp³-hybridized carbons (Fsp3) is 0.368. The van der Waals surface area contributed by atoms with E-state index in [0.717, 1.165) is 12.0 Å². The number of carbonyl (C=O) groups is 1. The predicted octanol–water partition coefficient (Wildman–Crippen LogP) is 3.23. The van der Waals surface area contributed by atoms with Crippen molar-refractivity contribution < 1.29 is 4.79 Å². The Morgan fingerprint density at radius 1 is 1.17 bits per heavy atom. The highest BCUT2D eigenvalue weighted by atomic mass is 16.1. The molecular weight excluding hydrogens is 286 g/mol. The lowest BCUT2D eigenvalue weighted by Gasteiger charge is -2.15. The Morgan fingerprint density at radius 2 is 1.87 bits per heavy atom. The van der Waals surface area contributed by atoms with Crippen molar-refractivity contribution in [1.29, 1.82) is 0 Å². The van der Waals surface area contributed by atoms with E-state index in [-0.39, 0.29) is 11.9 Å². The van der Waals surface area contributed by atoms with E-state index in [4.69, 9.17) is 5.73 Å². The Balaban J connectivity index is 2.02. The highest BCUT2D eigenvalue weighted by Gasteiger charge is 2.12. The standard InChI is InChI=1S/C19H25N3O/c1-13(2)10-15-4-6-16(7-5-15)14(3)22-19(23)17-8-9-21-18(11-17)12-20/h4-9,11,13-14H,10,12,20H2,1-3H3,(H,22,23). The number of carbonyl (C=O) groups excluding carboxylic acids is 1. The number of aromatic nitrogens is 1. The fourth-order valence-electron chi connectivity index (χ4n) is 2.51. The van der Waals surface area contributed by atoms with E-state index in [1.807, 2.05) is 6.92 Å². The molecule has 0 radical (unpaired) electrons. The van der Waals surface area contributed by atoms with Crippen LogP contribution in [0.5, 0.6) is 0 Å². The third-order valence-corrected chi connectivity index (χ3v) is 3.76. The number of rotatable bonds is 6. The van der Waals surface area contributed by atoms with E-state index in [0.29, 0.717) is 23.7 Å². The largest absolute Gasteiger partial charge is 0.346 e. The van der Waals surface area contributed by atoms with Crippen LogP contribution in [0, 0.1) is 5.92 Å². The molecule has 23 heavy (non-hydrogen) atoms. The Bertz CT molecular complexity index is 650. The number of nitrogens with one attached hydrogen (secondary N) is 1. The molecule has 4 heteroatoms. The minimum Gasteiger partial charge on any atom is -0.346 e. The van der Waals surface area contributed by atoms with Gasteiger partial charge < -0.3 is 11.1 Å². The number of nitrogens with zero attached hydrogens (tertiary/aromatic N) is 1. The van der Waals surface area contributed by atoms with E-state index in [2.05, 4.69) is 48.4 Å². The SMILES string of the molecule is CC(C)Cc1ccc(C(C)NC(=O)c2ccnc(CN)c2)cc1. The van der Waals surface area contributed by atoms with Gasteiger partial charge in [-0.3, -0.25) is 9.78 Å². The molecular formula is C19H25N3O. The van der Waals surface area contributed by atoms with Crippen molar-refractivity contribution in [3.8, 4) is 0 Å². The van der Waals surface area contributed by atoms with Gasteiger partial charge in [-0.15, -0.1) is 0 Å². The zero-order chi connectivity index (χ0) is 16.8. The number of nitrogens with two attached hydrogens (primary N) is 1. The molecule has 0 saturated carbocycles. The molecule has 1 aromatic heterocycles. The number of hydrogen-bond donors (Lipinski definition) is 2. The van der Waals surface area contributed by atoms with Gasteiger partial charge in [-0.25, -0.2) is 0 Å². The number of hydrogen-bond acceptors (Lipinski definition) is 3. The summed E-state index contributed by atoms with van der Waals surface area (Å²) in [5, 5.41) is 3.02. The highest BCUT2D eigenvalue weighted by Crippen LogP contribution is 2.16. The topological polar surface area (TPSA) is 68.0 Å². The van der Waals surface area contributed by atoms with Crippen molar-refractivity contribution in [3.05, 3.63) is 65.0 Å². The molecule has 2 rings (SSSR count). The molecule has 0 aliphatic carbocycles. The summed E-state index contributed by atoms with van der Waals surface area (Å²) in [5.41, 5.74) is 9.28. The summed E-state index contributed by atoms with van der Waals surface area (Å²) in [6.07, 6.45) is 2.68. The summed E-state index contributed by atoms with van der Waals surface area (Å²) in [5.74, 6) is 0.530. The van der Waals surface area contributed by atoms with E-state index < -0.39 is 0 Å². The molecule has 0 bridgehead atoms. The van der Waals surface area contributed by atoms with Gasteiger partial charge in [0.15, 0.2) is 0 Å². The van der Waals surface area contributed by atoms with Gasteiger partial charge in [0, 0.05) is 18.3 Å². The molecule has 1 heterocycles. The second-order valence-corrected chi connectivity index (χ2v) is 6.27. The summed E-state index contributed by atoms with van der Waals surface area (Å²) < 4.78 is 0. The normalized spacial score (nSPS) is 12.2. The minimum atomic E-state index is -0.110. The molecule has 2 aromatic rings. The van der Waals surface area contributed by atoms with Crippen LogP contribution in [0.4, 0.5) is 0 Å². The third kappa shape index (κ3) is 4.89. The lowest BCUT2D eigenvalue weighted by atomic mass is 10.00. The van der Waals surface area contributed by atoms with Crippen LogP contribution < -0.4 is 11.1 Å². The summed E-state index contributed by atoms with van der Waals surface area (Å²) in [6, 6.07) is 11.8. The number of benzene rings is 1. The second kappa shape index (κ2) is 7.88. The maximum atomic E-state index is 12.3. The first kappa shape index (κ1) is 17.2. The van der Waals surface area contributed by atoms with Crippen LogP contribution >= 0.6 is 0 Å². The lowest BCUT2D eigenvalue weighted by Crippen LogP contribution is -2.26. The van der Waals surface area contributed by atoms with Gasteiger partial charge in [0.1, 0.15) is 0 Å². The van der Waals surface area contributed by atoms with E-state index >= 15 is 0 Å². The average molecular weight is 311 g/mol. The molecule has 122 valence electrons. The molecule has 1 amide bonds. The van der Waals surface area contributed by atoms with Crippen molar-refractivity contribution in [2.24, 2.45) is 11.7 Å². The first-order valence-corrected chi connectivity index (χ1v) is 8.04. The smallest absolute Gasteiger partial charge is 0.251 e. The van der Waals surface area contributed by atoms with Crippen molar-refractivity contribution in [2.45, 2.75) is 39.8 Å². The van der Waals surface area contributed by atoms with Crippen molar-refractivity contribution >= 4 is 5.91 Å². The summed E-state index contributed by atoms with van der Waals surface area (Å²) in [7, 11) is 0. The zero-order valence-electron chi connectivity index (χ0n) is 14.0. The summed E-state index contributed by atoms with van der Waals surface area (Å²) in [6.45, 7) is 6.73. The molecule has 1 aromatic carbocycles. The quantitative estimate of drug-likeness (QED) is 0.860. The number of amides is 1. The van der Waals surface area contributed by atoms with Crippen LogP contribution in [0.25, 0.3) is 0 Å². The molecule has 0 aliphatic rings. The Hall–Kier alpha value is -2.20. The van der Waals surface area contributed by atoms with Crippen LogP contribution in [-0.2, 0) is 13.0 Å². The Morgan fingerprint density at radius 3 is 2.48 bits per heavy atom. The lowest BCUT2D eigenvalue weighted by molar-refractivity contribution is 0.0939. The van der Waals surface area contributed by atoms with Crippen molar-refractivity contribution in [1.82, 2.24) is 10.3 Å². The molecule has 4 nitrogen and oxygen atoms in total. The molecule has 0 saturated heterocycles.